The first-order chi connectivity index (χ1) is 13.7. The molecule has 0 unspecified atom stereocenters. The predicted octanol–water partition coefficient (Wildman–Crippen LogP) is 4.09. The third kappa shape index (κ3) is 2.72. The van der Waals surface area contributed by atoms with E-state index in [0.717, 1.165) is 55.8 Å². The number of carbonyl (C=O) groups excluding carboxylic acids is 1. The summed E-state index contributed by atoms with van der Waals surface area (Å²) in [6.07, 6.45) is 11.4. The zero-order chi connectivity index (χ0) is 19.1. The molecule has 2 aromatic rings. The van der Waals surface area contributed by atoms with Gasteiger partial charge in [-0.1, -0.05) is 12.2 Å². The van der Waals surface area contributed by atoms with Crippen LogP contribution in [0.2, 0.25) is 0 Å². The second-order valence-electron chi connectivity index (χ2n) is 8.20. The molecule has 1 aliphatic carbocycles. The van der Waals surface area contributed by atoms with Gasteiger partial charge >= 0.3 is 0 Å². The molecule has 3 aliphatic rings. The van der Waals surface area contributed by atoms with Crippen LogP contribution < -0.4 is 10.1 Å². The summed E-state index contributed by atoms with van der Waals surface area (Å²) in [6.45, 7) is 1.57. The Hall–Kier alpha value is -2.69. The maximum Gasteiger partial charge on any atom is 0.226 e. The molecular weight excluding hydrogens is 350 g/mol. The second-order valence-corrected chi connectivity index (χ2v) is 8.20. The number of ether oxygens (including phenoxy) is 1. The van der Waals surface area contributed by atoms with Crippen molar-refractivity contribution in [1.82, 2.24) is 9.47 Å². The molecule has 2 aliphatic heterocycles. The number of fused-ring (bicyclic) bond motifs is 4. The fourth-order valence-electron chi connectivity index (χ4n) is 5.09. The van der Waals surface area contributed by atoms with Gasteiger partial charge in [-0.3, -0.25) is 4.79 Å². The zero-order valence-corrected chi connectivity index (χ0v) is 16.4. The maximum atomic E-state index is 13.2. The van der Waals surface area contributed by atoms with Crippen molar-refractivity contribution < 1.29 is 9.53 Å². The number of carbonyl (C=O) groups is 1. The number of methoxy groups -OCH3 is 1. The molecule has 1 aromatic carbocycles. The van der Waals surface area contributed by atoms with Gasteiger partial charge in [0.25, 0.3) is 0 Å². The van der Waals surface area contributed by atoms with Gasteiger partial charge in [-0.05, 0) is 56.4 Å². The summed E-state index contributed by atoms with van der Waals surface area (Å²) in [5.41, 5.74) is 3.19. The molecule has 5 heteroatoms. The Morgan fingerprint density at radius 1 is 1.29 bits per heavy atom. The molecule has 5 rings (SSSR count). The van der Waals surface area contributed by atoms with Crippen molar-refractivity contribution in [2.45, 2.75) is 37.6 Å². The third-order valence-electron chi connectivity index (χ3n) is 6.50. The third-order valence-corrected chi connectivity index (χ3v) is 6.50. The van der Waals surface area contributed by atoms with E-state index < -0.39 is 0 Å². The smallest absolute Gasteiger partial charge is 0.226 e. The van der Waals surface area contributed by atoms with E-state index in [1.165, 1.54) is 5.69 Å². The molecule has 0 radical (unpaired) electrons. The predicted molar refractivity (Wildman–Crippen MR) is 110 cm³/mol. The monoisotopic (exact) mass is 377 g/mol. The first kappa shape index (κ1) is 17.4. The van der Waals surface area contributed by atoms with Crippen molar-refractivity contribution in [2.75, 3.05) is 25.5 Å². The Labute approximate surface area is 166 Å². The summed E-state index contributed by atoms with van der Waals surface area (Å²) in [5.74, 6) is 1.30. The average molecular weight is 377 g/mol. The number of nitrogens with zero attached hydrogens (tertiary/aromatic N) is 2. The van der Waals surface area contributed by atoms with E-state index in [1.54, 1.807) is 7.11 Å². The Bertz CT molecular complexity index is 932. The van der Waals surface area contributed by atoms with E-state index in [4.69, 9.17) is 4.74 Å². The highest BCUT2D eigenvalue weighted by molar-refractivity contribution is 5.80. The lowest BCUT2D eigenvalue weighted by molar-refractivity contribution is -0.137. The second kappa shape index (κ2) is 6.73. The van der Waals surface area contributed by atoms with Crippen LogP contribution in [0, 0.1) is 5.92 Å². The molecule has 0 saturated carbocycles. The molecule has 5 nitrogen and oxygen atoms in total. The fourth-order valence-corrected chi connectivity index (χ4v) is 5.09. The lowest BCUT2D eigenvalue weighted by Crippen LogP contribution is -2.55. The Morgan fingerprint density at radius 3 is 3.04 bits per heavy atom. The largest absolute Gasteiger partial charge is 0.497 e. The summed E-state index contributed by atoms with van der Waals surface area (Å²) in [4.78, 5) is 15.3. The van der Waals surface area contributed by atoms with Crippen LogP contribution in [0.3, 0.4) is 0 Å². The summed E-state index contributed by atoms with van der Waals surface area (Å²) >= 11 is 0. The number of piperidine rings is 1. The van der Waals surface area contributed by atoms with Crippen LogP contribution in [0.15, 0.2) is 48.7 Å². The van der Waals surface area contributed by atoms with E-state index in [2.05, 4.69) is 57.4 Å². The molecule has 1 saturated heterocycles. The molecule has 146 valence electrons. The summed E-state index contributed by atoms with van der Waals surface area (Å²) in [6, 6.07) is 10.4. The molecule has 1 fully saturated rings. The van der Waals surface area contributed by atoms with Crippen LogP contribution in [-0.4, -0.2) is 35.6 Å². The summed E-state index contributed by atoms with van der Waals surface area (Å²) in [7, 11) is 1.70. The highest BCUT2D eigenvalue weighted by atomic mass is 16.5. The molecule has 2 atom stereocenters. The van der Waals surface area contributed by atoms with Crippen molar-refractivity contribution >= 4 is 11.6 Å². The molecular formula is C23H27N3O2. The minimum absolute atomic E-state index is 0.142. The number of likely N-dealkylation sites (tertiary alicyclic amines) is 1. The van der Waals surface area contributed by atoms with Gasteiger partial charge in [0, 0.05) is 31.3 Å². The van der Waals surface area contributed by atoms with Gasteiger partial charge < -0.3 is 19.5 Å². The Kier molecular flexibility index (Phi) is 4.18. The quantitative estimate of drug-likeness (QED) is 0.802. The van der Waals surface area contributed by atoms with E-state index >= 15 is 0 Å². The number of allylic oxidation sites excluding steroid dienone is 2. The number of aromatic nitrogens is 1. The van der Waals surface area contributed by atoms with Crippen LogP contribution in [0.1, 0.15) is 37.8 Å². The van der Waals surface area contributed by atoms with Crippen molar-refractivity contribution in [2.24, 2.45) is 5.92 Å². The van der Waals surface area contributed by atoms with Crippen LogP contribution in [0.5, 0.6) is 5.75 Å². The normalized spacial score (nSPS) is 25.8. The lowest BCUT2D eigenvalue weighted by Gasteiger charge is -2.47. The van der Waals surface area contributed by atoms with Crippen LogP contribution in [-0.2, 0) is 10.3 Å². The number of anilines is 1. The summed E-state index contributed by atoms with van der Waals surface area (Å²) in [5, 5.41) is 3.81. The van der Waals surface area contributed by atoms with E-state index in [-0.39, 0.29) is 11.5 Å². The van der Waals surface area contributed by atoms with Gasteiger partial charge in [0.15, 0.2) is 0 Å². The maximum absolute atomic E-state index is 13.2. The Morgan fingerprint density at radius 2 is 2.21 bits per heavy atom. The van der Waals surface area contributed by atoms with E-state index in [0.29, 0.717) is 12.5 Å². The molecule has 0 bridgehead atoms. The molecule has 1 aromatic heterocycles. The molecule has 1 amide bonds. The van der Waals surface area contributed by atoms with Crippen molar-refractivity contribution in [3.05, 3.63) is 54.4 Å². The molecule has 3 heterocycles. The summed E-state index contributed by atoms with van der Waals surface area (Å²) < 4.78 is 7.71. The van der Waals surface area contributed by atoms with Gasteiger partial charge in [0.1, 0.15) is 5.75 Å². The van der Waals surface area contributed by atoms with Crippen molar-refractivity contribution in [3.8, 4) is 11.4 Å². The van der Waals surface area contributed by atoms with Gasteiger partial charge in [-0.25, -0.2) is 0 Å². The standard InChI is InChI=1S/C23H27N3O2/c1-28-18-10-11-20-19(15-18)24-23(21-9-5-14-26(20)21)12-6-13-25(16-23)22(27)17-7-3-2-4-8-17/h2-3,5,9-11,14-15,17,24H,4,6-8,12-13,16H2,1H3/t17-,23+/m1/s1. The highest BCUT2D eigenvalue weighted by Gasteiger charge is 2.44. The fraction of sp³-hybridized carbons (Fsp3) is 0.435. The first-order valence-electron chi connectivity index (χ1n) is 10.3. The van der Waals surface area contributed by atoms with Gasteiger partial charge in [0.2, 0.25) is 5.91 Å². The first-order valence-corrected chi connectivity index (χ1v) is 10.3. The molecule has 28 heavy (non-hydrogen) atoms. The van der Waals surface area contributed by atoms with Gasteiger partial charge in [-0.15, -0.1) is 0 Å². The minimum atomic E-state index is -0.249. The number of amides is 1. The lowest BCUT2D eigenvalue weighted by atomic mass is 9.82. The SMILES string of the molecule is COc1ccc2c(c1)N[C@]1(CCCN(C(=O)[C@@H]3CC=CCC3)C1)c1cccn1-2. The van der Waals surface area contributed by atoms with E-state index in [1.807, 2.05) is 6.07 Å². The van der Waals surface area contributed by atoms with E-state index in [9.17, 15) is 4.79 Å². The average Bonchev–Trinajstić information content (AvgIpc) is 3.25. The molecule has 1 N–H and O–H groups in total. The van der Waals surface area contributed by atoms with Crippen molar-refractivity contribution in [1.29, 1.82) is 0 Å². The Balaban J connectivity index is 1.49. The highest BCUT2D eigenvalue weighted by Crippen LogP contribution is 2.43. The number of rotatable bonds is 2. The number of hydrogen-bond acceptors (Lipinski definition) is 3. The number of hydrogen-bond donors (Lipinski definition) is 1. The molecule has 1 spiro atoms. The van der Waals surface area contributed by atoms with Crippen LogP contribution >= 0.6 is 0 Å². The topological polar surface area (TPSA) is 46.5 Å². The van der Waals surface area contributed by atoms with Crippen LogP contribution in [0.4, 0.5) is 5.69 Å². The number of nitrogens with one attached hydrogen (secondary N) is 1. The number of benzene rings is 1. The minimum Gasteiger partial charge on any atom is -0.497 e. The van der Waals surface area contributed by atoms with Crippen LogP contribution in [0.25, 0.3) is 5.69 Å². The zero-order valence-electron chi connectivity index (χ0n) is 16.4. The van der Waals surface area contributed by atoms with Gasteiger partial charge in [-0.2, -0.15) is 0 Å². The van der Waals surface area contributed by atoms with Crippen molar-refractivity contribution in [3.63, 3.8) is 0 Å². The van der Waals surface area contributed by atoms with Gasteiger partial charge in [0.05, 0.1) is 29.7 Å².